The first-order valence-electron chi connectivity index (χ1n) is 8.83. The van der Waals surface area contributed by atoms with E-state index < -0.39 is 0 Å². The zero-order valence-electron chi connectivity index (χ0n) is 14.8. The van der Waals surface area contributed by atoms with E-state index in [4.69, 9.17) is 0 Å². The van der Waals surface area contributed by atoms with E-state index in [0.717, 1.165) is 29.7 Å². The predicted molar refractivity (Wildman–Crippen MR) is 95.3 cm³/mol. The lowest BCUT2D eigenvalue weighted by molar-refractivity contribution is -0.126. The summed E-state index contributed by atoms with van der Waals surface area (Å²) in [6.07, 6.45) is 6.32. The summed E-state index contributed by atoms with van der Waals surface area (Å²) in [4.78, 5) is 14.4. The van der Waals surface area contributed by atoms with E-state index in [1.54, 1.807) is 18.3 Å². The van der Waals surface area contributed by atoms with Crippen molar-refractivity contribution in [2.45, 2.75) is 51.2 Å². The summed E-state index contributed by atoms with van der Waals surface area (Å²) < 4.78 is 13.1. The molecule has 1 amide bonds. The van der Waals surface area contributed by atoms with Crippen LogP contribution in [0.2, 0.25) is 0 Å². The molecule has 3 rings (SSSR count). The van der Waals surface area contributed by atoms with Gasteiger partial charge in [0, 0.05) is 23.7 Å². The van der Waals surface area contributed by atoms with Gasteiger partial charge in [0.2, 0.25) is 5.91 Å². The highest BCUT2D eigenvalue weighted by atomic mass is 19.1. The van der Waals surface area contributed by atoms with Gasteiger partial charge in [-0.1, -0.05) is 12.8 Å². The summed E-state index contributed by atoms with van der Waals surface area (Å²) in [6, 6.07) is 6.41. The fraction of sp³-hybridized carbons (Fsp3) is 0.474. The van der Waals surface area contributed by atoms with Crippen molar-refractivity contribution in [1.82, 2.24) is 20.4 Å². The predicted octanol–water partition coefficient (Wildman–Crippen LogP) is 3.09. The van der Waals surface area contributed by atoms with Crippen molar-refractivity contribution >= 4 is 5.91 Å². The van der Waals surface area contributed by atoms with Crippen LogP contribution in [-0.4, -0.2) is 40.1 Å². The Labute approximate surface area is 147 Å². The van der Waals surface area contributed by atoms with Crippen molar-refractivity contribution in [3.05, 3.63) is 41.8 Å². The van der Waals surface area contributed by atoms with Crippen LogP contribution in [0.25, 0.3) is 11.3 Å². The Balaban J connectivity index is 1.64. The third-order valence-electron chi connectivity index (χ3n) is 5.01. The highest BCUT2D eigenvalue weighted by Gasteiger charge is 2.24. The van der Waals surface area contributed by atoms with E-state index in [1.165, 1.54) is 25.0 Å². The zero-order valence-corrected chi connectivity index (χ0v) is 14.8. The maximum absolute atomic E-state index is 13.1. The van der Waals surface area contributed by atoms with Gasteiger partial charge in [-0.3, -0.25) is 14.8 Å². The number of carbonyl (C=O) groups is 1. The number of amides is 1. The second kappa shape index (κ2) is 7.78. The van der Waals surface area contributed by atoms with Crippen molar-refractivity contribution in [2.75, 3.05) is 7.05 Å². The summed E-state index contributed by atoms with van der Waals surface area (Å²) in [5.74, 6) is -0.194. The highest BCUT2D eigenvalue weighted by molar-refractivity contribution is 5.81. The maximum atomic E-state index is 13.1. The molecule has 1 aliphatic carbocycles. The van der Waals surface area contributed by atoms with Gasteiger partial charge in [-0.05, 0) is 51.1 Å². The minimum absolute atomic E-state index is 0.0706. The minimum Gasteiger partial charge on any atom is -0.352 e. The molecule has 2 aromatic rings. The Morgan fingerprint density at radius 3 is 2.72 bits per heavy atom. The van der Waals surface area contributed by atoms with Gasteiger partial charge >= 0.3 is 0 Å². The number of hydrogen-bond acceptors (Lipinski definition) is 3. The van der Waals surface area contributed by atoms with E-state index >= 15 is 0 Å². The quantitative estimate of drug-likeness (QED) is 0.846. The van der Waals surface area contributed by atoms with E-state index in [1.807, 2.05) is 18.9 Å². The van der Waals surface area contributed by atoms with Gasteiger partial charge in [-0.15, -0.1) is 0 Å². The largest absolute Gasteiger partial charge is 0.352 e. The lowest BCUT2D eigenvalue weighted by atomic mass is 10.1. The van der Waals surface area contributed by atoms with Crippen LogP contribution in [0.4, 0.5) is 4.39 Å². The standard InChI is InChI=1S/C19H25FN4O/c1-13(19(25)22-17-5-3-4-6-17)24(2)12-15-11-21-23-18(15)14-7-9-16(20)10-8-14/h7-11,13,17H,3-6,12H2,1-2H3,(H,21,23)(H,22,25)/t13-/m1/s1. The third-order valence-corrected chi connectivity index (χ3v) is 5.01. The molecule has 0 bridgehead atoms. The smallest absolute Gasteiger partial charge is 0.237 e. The molecule has 1 saturated carbocycles. The second-order valence-electron chi connectivity index (χ2n) is 6.86. The molecule has 1 aliphatic rings. The van der Waals surface area contributed by atoms with Crippen LogP contribution in [0.3, 0.4) is 0 Å². The first-order chi connectivity index (χ1) is 12.0. The van der Waals surface area contributed by atoms with Gasteiger partial charge in [0.1, 0.15) is 5.82 Å². The van der Waals surface area contributed by atoms with Gasteiger partial charge in [0.15, 0.2) is 0 Å². The molecule has 1 fully saturated rings. The molecule has 1 aromatic carbocycles. The Morgan fingerprint density at radius 2 is 2.04 bits per heavy atom. The van der Waals surface area contributed by atoms with Gasteiger partial charge in [0.05, 0.1) is 17.9 Å². The number of H-pyrrole nitrogens is 1. The van der Waals surface area contributed by atoms with Gasteiger partial charge in [0.25, 0.3) is 0 Å². The first kappa shape index (κ1) is 17.6. The monoisotopic (exact) mass is 344 g/mol. The Morgan fingerprint density at radius 1 is 1.36 bits per heavy atom. The number of benzene rings is 1. The van der Waals surface area contributed by atoms with Crippen molar-refractivity contribution < 1.29 is 9.18 Å². The van der Waals surface area contributed by atoms with Crippen LogP contribution >= 0.6 is 0 Å². The van der Waals surface area contributed by atoms with Gasteiger partial charge < -0.3 is 5.32 Å². The molecule has 5 nitrogen and oxygen atoms in total. The van der Waals surface area contributed by atoms with Gasteiger partial charge in [-0.2, -0.15) is 5.10 Å². The molecular formula is C19H25FN4O. The van der Waals surface area contributed by atoms with Crippen molar-refractivity contribution in [3.8, 4) is 11.3 Å². The van der Waals surface area contributed by atoms with Crippen LogP contribution in [0.5, 0.6) is 0 Å². The van der Waals surface area contributed by atoms with E-state index in [-0.39, 0.29) is 17.8 Å². The molecule has 6 heteroatoms. The number of aromatic nitrogens is 2. The molecule has 1 atom stereocenters. The summed E-state index contributed by atoms with van der Waals surface area (Å²) in [5.41, 5.74) is 2.72. The summed E-state index contributed by atoms with van der Waals surface area (Å²) >= 11 is 0. The molecule has 0 aliphatic heterocycles. The van der Waals surface area contributed by atoms with Crippen molar-refractivity contribution in [2.24, 2.45) is 0 Å². The Hall–Kier alpha value is -2.21. The molecule has 0 spiro atoms. The van der Waals surface area contributed by atoms with Crippen LogP contribution in [0.1, 0.15) is 38.2 Å². The second-order valence-corrected chi connectivity index (χ2v) is 6.86. The Kier molecular flexibility index (Phi) is 5.48. The van der Waals surface area contributed by atoms with Crippen LogP contribution in [-0.2, 0) is 11.3 Å². The number of hydrogen-bond donors (Lipinski definition) is 2. The molecule has 134 valence electrons. The topological polar surface area (TPSA) is 61.0 Å². The number of nitrogens with zero attached hydrogens (tertiary/aromatic N) is 2. The van der Waals surface area contributed by atoms with Crippen molar-refractivity contribution in [1.29, 1.82) is 0 Å². The number of nitrogens with one attached hydrogen (secondary N) is 2. The van der Waals surface area contributed by atoms with Crippen molar-refractivity contribution in [3.63, 3.8) is 0 Å². The average Bonchev–Trinajstić information content (AvgIpc) is 3.27. The molecule has 1 heterocycles. The number of aromatic amines is 1. The van der Waals surface area contributed by atoms with Crippen LogP contribution in [0.15, 0.2) is 30.5 Å². The molecular weight excluding hydrogens is 319 g/mol. The number of rotatable bonds is 6. The maximum Gasteiger partial charge on any atom is 0.237 e. The average molecular weight is 344 g/mol. The normalized spacial score (nSPS) is 16.3. The molecule has 0 saturated heterocycles. The SMILES string of the molecule is C[C@H](C(=O)NC1CCCC1)N(C)Cc1cn[nH]c1-c1ccc(F)cc1. The molecule has 2 N–H and O–H groups in total. The van der Waals surface area contributed by atoms with Crippen LogP contribution in [0, 0.1) is 5.82 Å². The lowest BCUT2D eigenvalue weighted by Crippen LogP contribution is -2.46. The number of carbonyl (C=O) groups excluding carboxylic acids is 1. The fourth-order valence-corrected chi connectivity index (χ4v) is 3.30. The molecule has 0 unspecified atom stereocenters. The Bertz CT molecular complexity index is 706. The molecule has 1 aromatic heterocycles. The highest BCUT2D eigenvalue weighted by Crippen LogP contribution is 2.23. The minimum atomic E-state index is -0.265. The van der Waals surface area contributed by atoms with E-state index in [2.05, 4.69) is 15.5 Å². The number of halogens is 1. The molecule has 0 radical (unpaired) electrons. The van der Waals surface area contributed by atoms with Gasteiger partial charge in [-0.25, -0.2) is 4.39 Å². The summed E-state index contributed by atoms with van der Waals surface area (Å²) in [6.45, 7) is 2.50. The van der Waals surface area contributed by atoms with E-state index in [0.29, 0.717) is 12.6 Å². The fourth-order valence-electron chi connectivity index (χ4n) is 3.30. The first-order valence-corrected chi connectivity index (χ1v) is 8.83. The third kappa shape index (κ3) is 4.25. The lowest BCUT2D eigenvalue weighted by Gasteiger charge is -2.25. The zero-order chi connectivity index (χ0) is 17.8. The van der Waals surface area contributed by atoms with E-state index in [9.17, 15) is 9.18 Å². The molecule has 25 heavy (non-hydrogen) atoms. The number of likely N-dealkylation sites (N-methyl/N-ethyl adjacent to an activating group) is 1. The summed E-state index contributed by atoms with van der Waals surface area (Å²) in [5, 5.41) is 10.2. The van der Waals surface area contributed by atoms with Crippen LogP contribution < -0.4 is 5.32 Å². The summed E-state index contributed by atoms with van der Waals surface area (Å²) in [7, 11) is 1.93.